The van der Waals surface area contributed by atoms with Crippen LogP contribution in [0.4, 0.5) is 0 Å². The molecule has 5 nitrogen and oxygen atoms in total. The lowest BCUT2D eigenvalue weighted by Gasteiger charge is -2.32. The number of carbonyl (C=O) groups is 2. The number of hydrogen-bond donors (Lipinski definition) is 2. The van der Waals surface area contributed by atoms with E-state index >= 15 is 0 Å². The molecule has 0 spiro atoms. The van der Waals surface area contributed by atoms with Gasteiger partial charge >= 0.3 is 11.9 Å². The van der Waals surface area contributed by atoms with Crippen molar-refractivity contribution >= 4 is 11.9 Å². The van der Waals surface area contributed by atoms with Crippen LogP contribution in [0.15, 0.2) is 0 Å². The SMILES string of the molecule is O=C(O)CCN1CCCCC1C(=O)O. The van der Waals surface area contributed by atoms with Gasteiger partial charge in [0.25, 0.3) is 0 Å². The second-order valence-corrected chi connectivity index (χ2v) is 3.53. The highest BCUT2D eigenvalue weighted by Gasteiger charge is 2.28. The average molecular weight is 201 g/mol. The van der Waals surface area contributed by atoms with E-state index in [9.17, 15) is 9.59 Å². The van der Waals surface area contributed by atoms with E-state index in [-0.39, 0.29) is 6.42 Å². The molecule has 0 bridgehead atoms. The molecule has 1 aliphatic rings. The molecule has 1 fully saturated rings. The summed E-state index contributed by atoms with van der Waals surface area (Å²) in [7, 11) is 0. The molecule has 80 valence electrons. The third kappa shape index (κ3) is 2.99. The molecular formula is C9H15NO4. The molecule has 1 aliphatic heterocycles. The van der Waals surface area contributed by atoms with Crippen LogP contribution < -0.4 is 0 Å². The number of hydrogen-bond acceptors (Lipinski definition) is 3. The third-order valence-corrected chi connectivity index (χ3v) is 2.51. The lowest BCUT2D eigenvalue weighted by atomic mass is 10.0. The maximum absolute atomic E-state index is 10.8. The minimum atomic E-state index is -0.875. The number of nitrogens with zero attached hydrogens (tertiary/aromatic N) is 1. The third-order valence-electron chi connectivity index (χ3n) is 2.51. The highest BCUT2D eigenvalue weighted by Crippen LogP contribution is 2.17. The van der Waals surface area contributed by atoms with Gasteiger partial charge in [-0.05, 0) is 19.4 Å². The number of rotatable bonds is 4. The Kier molecular flexibility index (Phi) is 3.88. The van der Waals surface area contributed by atoms with Crippen LogP contribution in [0.1, 0.15) is 25.7 Å². The molecule has 0 amide bonds. The van der Waals surface area contributed by atoms with Gasteiger partial charge in [-0.3, -0.25) is 14.5 Å². The standard InChI is InChI=1S/C9H15NO4/c11-8(12)4-6-10-5-2-1-3-7(10)9(13)14/h7H,1-6H2,(H,11,12)(H,13,14). The van der Waals surface area contributed by atoms with Crippen molar-refractivity contribution in [2.24, 2.45) is 0 Å². The molecule has 0 aromatic heterocycles. The summed E-state index contributed by atoms with van der Waals surface area (Å²) in [6, 6.07) is -0.483. The van der Waals surface area contributed by atoms with Gasteiger partial charge in [-0.15, -0.1) is 0 Å². The Morgan fingerprint density at radius 3 is 2.57 bits per heavy atom. The number of aliphatic carboxylic acids is 2. The smallest absolute Gasteiger partial charge is 0.320 e. The zero-order valence-electron chi connectivity index (χ0n) is 7.98. The van der Waals surface area contributed by atoms with E-state index in [2.05, 4.69) is 0 Å². The molecule has 0 aliphatic carbocycles. The topological polar surface area (TPSA) is 77.8 Å². The highest BCUT2D eigenvalue weighted by atomic mass is 16.4. The monoisotopic (exact) mass is 201 g/mol. The van der Waals surface area contributed by atoms with Crippen LogP contribution in [0.2, 0.25) is 0 Å². The Labute approximate surface area is 82.3 Å². The van der Waals surface area contributed by atoms with E-state index in [4.69, 9.17) is 10.2 Å². The Bertz CT molecular complexity index is 229. The van der Waals surface area contributed by atoms with Crippen LogP contribution in [0, 0.1) is 0 Å². The van der Waals surface area contributed by atoms with Gasteiger partial charge in [0.1, 0.15) is 6.04 Å². The van der Waals surface area contributed by atoms with Crippen molar-refractivity contribution in [1.29, 1.82) is 0 Å². The van der Waals surface area contributed by atoms with Crippen molar-refractivity contribution in [3.8, 4) is 0 Å². The fraction of sp³-hybridized carbons (Fsp3) is 0.778. The quantitative estimate of drug-likeness (QED) is 0.688. The van der Waals surface area contributed by atoms with Gasteiger partial charge in [0.15, 0.2) is 0 Å². The summed E-state index contributed by atoms with van der Waals surface area (Å²) in [5.41, 5.74) is 0. The van der Waals surface area contributed by atoms with Crippen LogP contribution in [-0.2, 0) is 9.59 Å². The summed E-state index contributed by atoms with van der Waals surface area (Å²) >= 11 is 0. The van der Waals surface area contributed by atoms with Crippen LogP contribution in [0.3, 0.4) is 0 Å². The van der Waals surface area contributed by atoms with E-state index in [0.717, 1.165) is 12.8 Å². The van der Waals surface area contributed by atoms with E-state index in [1.807, 2.05) is 0 Å². The lowest BCUT2D eigenvalue weighted by Crippen LogP contribution is -2.45. The van der Waals surface area contributed by atoms with Gasteiger partial charge in [-0.1, -0.05) is 6.42 Å². The average Bonchev–Trinajstić information content (AvgIpc) is 2.15. The first kappa shape index (κ1) is 11.0. The molecule has 0 aromatic carbocycles. The van der Waals surface area contributed by atoms with Crippen LogP contribution in [0.5, 0.6) is 0 Å². The Hall–Kier alpha value is -1.10. The summed E-state index contributed by atoms with van der Waals surface area (Å²) in [6.07, 6.45) is 2.53. The molecule has 1 rings (SSSR count). The molecule has 5 heteroatoms. The van der Waals surface area contributed by atoms with Crippen molar-refractivity contribution in [3.63, 3.8) is 0 Å². The predicted molar refractivity (Wildman–Crippen MR) is 49.1 cm³/mol. The largest absolute Gasteiger partial charge is 0.481 e. The van der Waals surface area contributed by atoms with Crippen LogP contribution in [-0.4, -0.2) is 46.2 Å². The van der Waals surface area contributed by atoms with E-state index in [1.165, 1.54) is 0 Å². The second kappa shape index (κ2) is 4.95. The minimum Gasteiger partial charge on any atom is -0.481 e. The number of carboxylic acids is 2. The normalized spacial score (nSPS) is 23.3. The summed E-state index contributed by atoms with van der Waals surface area (Å²) in [6.45, 7) is 1.04. The number of carboxylic acid groups (broad SMARTS) is 2. The molecule has 1 saturated heterocycles. The second-order valence-electron chi connectivity index (χ2n) is 3.53. The van der Waals surface area contributed by atoms with Crippen LogP contribution in [0.25, 0.3) is 0 Å². The fourth-order valence-electron chi connectivity index (χ4n) is 1.78. The first-order valence-electron chi connectivity index (χ1n) is 4.80. The van der Waals surface area contributed by atoms with Gasteiger partial charge in [0.2, 0.25) is 0 Å². The minimum absolute atomic E-state index is 0.0176. The van der Waals surface area contributed by atoms with E-state index in [1.54, 1.807) is 4.90 Å². The molecule has 0 radical (unpaired) electrons. The molecule has 2 N–H and O–H groups in total. The fourth-order valence-corrected chi connectivity index (χ4v) is 1.78. The van der Waals surface area contributed by atoms with Gasteiger partial charge in [-0.25, -0.2) is 0 Å². The summed E-state index contributed by atoms with van der Waals surface area (Å²) in [5.74, 6) is -1.71. The van der Waals surface area contributed by atoms with Gasteiger partial charge in [-0.2, -0.15) is 0 Å². The van der Waals surface area contributed by atoms with Crippen molar-refractivity contribution < 1.29 is 19.8 Å². The predicted octanol–water partition coefficient (Wildman–Crippen LogP) is 0.400. The zero-order valence-corrected chi connectivity index (χ0v) is 7.98. The highest BCUT2D eigenvalue weighted by molar-refractivity contribution is 5.73. The van der Waals surface area contributed by atoms with E-state index in [0.29, 0.717) is 19.5 Å². The summed E-state index contributed by atoms with van der Waals surface area (Å²) < 4.78 is 0. The molecule has 0 saturated carbocycles. The Balaban J connectivity index is 2.45. The Morgan fingerprint density at radius 1 is 1.29 bits per heavy atom. The molecule has 1 atom stereocenters. The lowest BCUT2D eigenvalue weighted by molar-refractivity contribution is -0.146. The molecule has 14 heavy (non-hydrogen) atoms. The summed E-state index contributed by atoms with van der Waals surface area (Å²) in [4.78, 5) is 22.9. The number of piperidine rings is 1. The van der Waals surface area contributed by atoms with E-state index < -0.39 is 18.0 Å². The maximum atomic E-state index is 10.8. The van der Waals surface area contributed by atoms with Gasteiger partial charge in [0, 0.05) is 6.54 Å². The van der Waals surface area contributed by atoms with Crippen molar-refractivity contribution in [2.75, 3.05) is 13.1 Å². The maximum Gasteiger partial charge on any atom is 0.320 e. The van der Waals surface area contributed by atoms with Crippen LogP contribution >= 0.6 is 0 Å². The first-order chi connectivity index (χ1) is 6.61. The Morgan fingerprint density at radius 2 is 2.00 bits per heavy atom. The first-order valence-corrected chi connectivity index (χ1v) is 4.80. The summed E-state index contributed by atoms with van der Waals surface area (Å²) in [5, 5.41) is 17.4. The zero-order chi connectivity index (χ0) is 10.6. The van der Waals surface area contributed by atoms with Gasteiger partial charge in [0.05, 0.1) is 6.42 Å². The molecule has 1 heterocycles. The van der Waals surface area contributed by atoms with Gasteiger partial charge < -0.3 is 10.2 Å². The molecular weight excluding hydrogens is 186 g/mol. The molecule has 0 aromatic rings. The van der Waals surface area contributed by atoms with Crippen molar-refractivity contribution in [1.82, 2.24) is 4.90 Å². The number of likely N-dealkylation sites (tertiary alicyclic amines) is 1. The van der Waals surface area contributed by atoms with Crippen molar-refractivity contribution in [2.45, 2.75) is 31.7 Å². The van der Waals surface area contributed by atoms with Crippen molar-refractivity contribution in [3.05, 3.63) is 0 Å². The molecule has 1 unspecified atom stereocenters.